The Morgan fingerprint density at radius 3 is 2.85 bits per heavy atom. The van der Waals surface area contributed by atoms with Crippen molar-refractivity contribution in [1.29, 1.82) is 0 Å². The predicted octanol–water partition coefficient (Wildman–Crippen LogP) is 4.35. The van der Waals surface area contributed by atoms with Crippen LogP contribution >= 0.6 is 24.0 Å². The van der Waals surface area contributed by atoms with Crippen LogP contribution in [-0.2, 0) is 0 Å². The van der Waals surface area contributed by atoms with Gasteiger partial charge in [0.05, 0.1) is 0 Å². The lowest BCUT2D eigenvalue weighted by molar-refractivity contribution is 0.516. The summed E-state index contributed by atoms with van der Waals surface area (Å²) >= 11 is 7.42. The summed E-state index contributed by atoms with van der Waals surface area (Å²) in [5.41, 5.74) is 2.30. The predicted molar refractivity (Wildman–Crippen MR) is 94.7 cm³/mol. The average Bonchev–Trinajstić information content (AvgIpc) is 2.45. The van der Waals surface area contributed by atoms with Crippen LogP contribution in [0.5, 0.6) is 0 Å². The maximum absolute atomic E-state index is 5.32. The Morgan fingerprint density at radius 1 is 1.30 bits per heavy atom. The van der Waals surface area contributed by atoms with E-state index in [1.807, 2.05) is 12.1 Å². The molecule has 0 spiro atoms. The molecule has 110 valence electrons. The smallest absolute Gasteiger partial charge is 0.170 e. The summed E-state index contributed by atoms with van der Waals surface area (Å²) in [6, 6.07) is 8.27. The molecule has 2 rings (SSSR count). The van der Waals surface area contributed by atoms with Crippen molar-refractivity contribution in [3.8, 4) is 0 Å². The highest BCUT2D eigenvalue weighted by Gasteiger charge is 2.12. The SMILES string of the molecule is Cc1cccc(NC(=S)NCCSC2CCCCC2)c1. The molecule has 2 N–H and O–H groups in total. The molecule has 4 heteroatoms. The Hall–Kier alpha value is -0.740. The van der Waals surface area contributed by atoms with Crippen molar-refractivity contribution in [3.05, 3.63) is 29.8 Å². The molecule has 0 bridgehead atoms. The summed E-state index contributed by atoms with van der Waals surface area (Å²) in [4.78, 5) is 0. The zero-order chi connectivity index (χ0) is 14.2. The van der Waals surface area contributed by atoms with Crippen LogP contribution in [0.3, 0.4) is 0 Å². The first-order valence-corrected chi connectivity index (χ1v) is 8.93. The van der Waals surface area contributed by atoms with Crippen LogP contribution in [0.1, 0.15) is 37.7 Å². The van der Waals surface area contributed by atoms with E-state index in [4.69, 9.17) is 12.2 Å². The van der Waals surface area contributed by atoms with Gasteiger partial charge in [-0.2, -0.15) is 11.8 Å². The molecule has 1 aliphatic rings. The van der Waals surface area contributed by atoms with Crippen molar-refractivity contribution in [2.75, 3.05) is 17.6 Å². The molecule has 0 aromatic heterocycles. The highest BCUT2D eigenvalue weighted by Crippen LogP contribution is 2.27. The van der Waals surface area contributed by atoms with Crippen LogP contribution in [0.4, 0.5) is 5.69 Å². The molecule has 1 fully saturated rings. The summed E-state index contributed by atoms with van der Waals surface area (Å²) < 4.78 is 0. The van der Waals surface area contributed by atoms with E-state index in [9.17, 15) is 0 Å². The van der Waals surface area contributed by atoms with Gasteiger partial charge in [-0.25, -0.2) is 0 Å². The number of hydrogen-bond acceptors (Lipinski definition) is 2. The van der Waals surface area contributed by atoms with Gasteiger partial charge in [0.25, 0.3) is 0 Å². The molecule has 1 aromatic rings. The normalized spacial score (nSPS) is 15.8. The van der Waals surface area contributed by atoms with Gasteiger partial charge in [-0.05, 0) is 49.7 Å². The summed E-state index contributed by atoms with van der Waals surface area (Å²) in [5.74, 6) is 1.14. The highest BCUT2D eigenvalue weighted by molar-refractivity contribution is 7.99. The number of nitrogens with one attached hydrogen (secondary N) is 2. The molecule has 1 aromatic carbocycles. The Morgan fingerprint density at radius 2 is 2.10 bits per heavy atom. The van der Waals surface area contributed by atoms with Crippen LogP contribution in [0.15, 0.2) is 24.3 Å². The molecule has 0 saturated heterocycles. The zero-order valence-corrected chi connectivity index (χ0v) is 13.8. The van der Waals surface area contributed by atoms with Crippen LogP contribution in [0.2, 0.25) is 0 Å². The maximum atomic E-state index is 5.32. The van der Waals surface area contributed by atoms with Crippen LogP contribution in [-0.4, -0.2) is 22.7 Å². The second-order valence-electron chi connectivity index (χ2n) is 5.38. The quantitative estimate of drug-likeness (QED) is 0.624. The number of aryl methyl sites for hydroxylation is 1. The molecule has 2 nitrogen and oxygen atoms in total. The van der Waals surface area contributed by atoms with Gasteiger partial charge in [-0.15, -0.1) is 0 Å². The van der Waals surface area contributed by atoms with Gasteiger partial charge < -0.3 is 10.6 Å². The monoisotopic (exact) mass is 308 g/mol. The summed E-state index contributed by atoms with van der Waals surface area (Å²) in [7, 11) is 0. The van der Waals surface area contributed by atoms with E-state index in [1.54, 1.807) is 0 Å². The standard InChI is InChI=1S/C16H24N2S2/c1-13-6-5-7-14(12-13)18-16(19)17-10-11-20-15-8-3-2-4-9-15/h5-7,12,15H,2-4,8-11H2,1H3,(H2,17,18,19). The number of thiocarbonyl (C=S) groups is 1. The first-order chi connectivity index (χ1) is 9.74. The molecule has 0 atom stereocenters. The van der Waals surface area contributed by atoms with E-state index >= 15 is 0 Å². The minimum absolute atomic E-state index is 0.722. The van der Waals surface area contributed by atoms with E-state index in [-0.39, 0.29) is 0 Å². The van der Waals surface area contributed by atoms with Crippen LogP contribution < -0.4 is 10.6 Å². The Balaban J connectivity index is 1.60. The summed E-state index contributed by atoms with van der Waals surface area (Å²) in [6.45, 7) is 3.03. The van der Waals surface area contributed by atoms with Gasteiger partial charge in [-0.1, -0.05) is 31.4 Å². The number of hydrogen-bond donors (Lipinski definition) is 2. The lowest BCUT2D eigenvalue weighted by Crippen LogP contribution is -2.30. The average molecular weight is 309 g/mol. The number of anilines is 1. The third-order valence-electron chi connectivity index (χ3n) is 3.57. The van der Waals surface area contributed by atoms with Crippen molar-refractivity contribution < 1.29 is 0 Å². The fourth-order valence-electron chi connectivity index (χ4n) is 2.52. The van der Waals surface area contributed by atoms with Crippen molar-refractivity contribution in [2.24, 2.45) is 0 Å². The van der Waals surface area contributed by atoms with E-state index in [0.717, 1.165) is 28.3 Å². The fraction of sp³-hybridized carbons (Fsp3) is 0.562. The fourth-order valence-corrected chi connectivity index (χ4v) is 3.96. The molecule has 0 aliphatic heterocycles. The topological polar surface area (TPSA) is 24.1 Å². The van der Waals surface area contributed by atoms with Gasteiger partial charge in [0.1, 0.15) is 0 Å². The molecule has 0 amide bonds. The molecular formula is C16H24N2S2. The van der Waals surface area contributed by atoms with Crippen LogP contribution in [0, 0.1) is 6.92 Å². The van der Waals surface area contributed by atoms with Gasteiger partial charge in [0, 0.05) is 23.2 Å². The second-order valence-corrected chi connectivity index (χ2v) is 7.20. The minimum Gasteiger partial charge on any atom is -0.362 e. The lowest BCUT2D eigenvalue weighted by atomic mass is 10.0. The molecule has 1 saturated carbocycles. The van der Waals surface area contributed by atoms with E-state index in [1.165, 1.54) is 37.7 Å². The molecule has 20 heavy (non-hydrogen) atoms. The largest absolute Gasteiger partial charge is 0.362 e. The van der Waals surface area contributed by atoms with E-state index in [2.05, 4.69) is 41.5 Å². The van der Waals surface area contributed by atoms with Crippen molar-refractivity contribution in [2.45, 2.75) is 44.3 Å². The van der Waals surface area contributed by atoms with Crippen molar-refractivity contribution in [3.63, 3.8) is 0 Å². The first-order valence-electron chi connectivity index (χ1n) is 7.47. The van der Waals surface area contributed by atoms with Crippen molar-refractivity contribution in [1.82, 2.24) is 5.32 Å². The molecular weight excluding hydrogens is 284 g/mol. The van der Waals surface area contributed by atoms with E-state index in [0.29, 0.717) is 0 Å². The molecule has 0 unspecified atom stereocenters. The zero-order valence-electron chi connectivity index (χ0n) is 12.2. The van der Waals surface area contributed by atoms with Crippen LogP contribution in [0.25, 0.3) is 0 Å². The van der Waals surface area contributed by atoms with Crippen molar-refractivity contribution >= 4 is 34.8 Å². The third kappa shape index (κ3) is 5.71. The number of benzene rings is 1. The molecule has 0 radical (unpaired) electrons. The van der Waals surface area contributed by atoms with Gasteiger partial charge >= 0.3 is 0 Å². The Bertz CT molecular complexity index is 428. The first kappa shape index (κ1) is 15.6. The third-order valence-corrected chi connectivity index (χ3v) is 5.20. The minimum atomic E-state index is 0.722. The summed E-state index contributed by atoms with van der Waals surface area (Å²) in [6.07, 6.45) is 7.06. The summed E-state index contributed by atoms with van der Waals surface area (Å²) in [5, 5.41) is 8.12. The highest BCUT2D eigenvalue weighted by atomic mass is 32.2. The van der Waals surface area contributed by atoms with E-state index < -0.39 is 0 Å². The van der Waals surface area contributed by atoms with Gasteiger partial charge in [0.15, 0.2) is 5.11 Å². The lowest BCUT2D eigenvalue weighted by Gasteiger charge is -2.21. The molecule has 1 aliphatic carbocycles. The number of thioether (sulfide) groups is 1. The second kappa shape index (κ2) is 8.53. The Kier molecular flexibility index (Phi) is 6.67. The Labute approximate surface area is 132 Å². The van der Waals surface area contributed by atoms with Gasteiger partial charge in [-0.3, -0.25) is 0 Å². The maximum Gasteiger partial charge on any atom is 0.170 e. The number of rotatable bonds is 5. The molecule has 0 heterocycles. The van der Waals surface area contributed by atoms with Gasteiger partial charge in [0.2, 0.25) is 0 Å².